The zero-order chi connectivity index (χ0) is 93.9. The lowest BCUT2D eigenvalue weighted by atomic mass is 9.96. The molecule has 0 bridgehead atoms. The van der Waals surface area contributed by atoms with Gasteiger partial charge in [-0.3, -0.25) is 81.5 Å². The predicted octanol–water partition coefficient (Wildman–Crippen LogP) is -1.04. The molecular formula is C79H122N9O37P. The van der Waals surface area contributed by atoms with Crippen LogP contribution in [0.5, 0.6) is 5.75 Å². The summed E-state index contributed by atoms with van der Waals surface area (Å²) in [6.07, 6.45) is -16.8. The van der Waals surface area contributed by atoms with E-state index in [-0.39, 0.29) is 96.7 Å². The van der Waals surface area contributed by atoms with Gasteiger partial charge < -0.3 is 136 Å². The fraction of sp³-hybridized carbons (Fsp3) is 0.709. The van der Waals surface area contributed by atoms with Crippen LogP contribution < -0.4 is 41.7 Å². The summed E-state index contributed by atoms with van der Waals surface area (Å²) in [4.78, 5) is 219. The molecule has 3 saturated heterocycles. The van der Waals surface area contributed by atoms with Crippen molar-refractivity contribution in [2.45, 2.75) is 247 Å². The monoisotopic (exact) mass is 1820 g/mol. The summed E-state index contributed by atoms with van der Waals surface area (Å²) in [6, 6.07) is 0.669. The molecule has 7 N–H and O–H groups in total. The summed E-state index contributed by atoms with van der Waals surface area (Å²) in [5, 5.41) is 18.3. The van der Waals surface area contributed by atoms with Crippen LogP contribution in [0.2, 0.25) is 0 Å². The number of rotatable bonds is 54. The van der Waals surface area contributed by atoms with E-state index >= 15 is 0 Å². The molecule has 3 aliphatic heterocycles. The average molecular weight is 1820 g/mol. The molecule has 4 rings (SSSR count). The van der Waals surface area contributed by atoms with Crippen molar-refractivity contribution in [3.63, 3.8) is 0 Å². The highest BCUT2D eigenvalue weighted by Gasteiger charge is 2.55. The van der Waals surface area contributed by atoms with Crippen LogP contribution in [0.25, 0.3) is 0 Å². The van der Waals surface area contributed by atoms with Crippen molar-refractivity contribution in [3.8, 4) is 5.75 Å². The van der Waals surface area contributed by atoms with Gasteiger partial charge in [-0.05, 0) is 64.8 Å². The molecule has 1 aromatic carbocycles. The van der Waals surface area contributed by atoms with Gasteiger partial charge in [-0.2, -0.15) is 0 Å². The highest BCUT2D eigenvalue weighted by Crippen LogP contribution is 2.46. The first-order chi connectivity index (χ1) is 59.6. The van der Waals surface area contributed by atoms with Gasteiger partial charge in [0.25, 0.3) is 5.91 Å². The summed E-state index contributed by atoms with van der Waals surface area (Å²) in [6.45, 7) is 17.9. The summed E-state index contributed by atoms with van der Waals surface area (Å²) < 4.78 is 116. The Kier molecular flexibility index (Phi) is 49.0. The minimum absolute atomic E-state index is 0.0238. The van der Waals surface area contributed by atoms with Gasteiger partial charge in [0, 0.05) is 127 Å². The molecule has 0 aromatic heterocycles. The number of carbonyl (C=O) groups is 17. The second-order valence-corrected chi connectivity index (χ2v) is 30.5. The first-order valence-electron chi connectivity index (χ1n) is 40.8. The molecule has 126 heavy (non-hydrogen) atoms. The standard InChI is InChI=1S/C79H122N9O37P/c1-18-28-115-126(88(43(2)3)44(4)5)125-58-21-19-57(20-22-58)75(104)86-59(76(105)82-27-31-108-34-37-111-79-68(85-47(8)91)74(121-56(17)100)71(118-53(14)97)62(124-79)42-114-50(11)94)23-24-65(103)87(38-63(101)80-25-29-106-32-35-109-77-66(83-45(6)89)72(119-54(15)98)69(116-51(12)95)60(122-77)40-112-48(9)92)39-64(102)81-26-30-107-33-36-110-78-67(84-46(7)90)73(120-55(16)99)70(117-52(13)96)61(123-78)41-113-49(10)93/h19-22,43-44,59-62,66-74,77-79H,18,23-42H2,1-17H3,(H,80,101)(H,81,102)(H,82,105)(H,83,89)(H,84,90)(H,85,91)(H,86,104). The van der Waals surface area contributed by atoms with E-state index in [1.54, 1.807) is 12.1 Å². The van der Waals surface area contributed by atoms with Gasteiger partial charge in [0.15, 0.2) is 55.5 Å². The van der Waals surface area contributed by atoms with Crippen molar-refractivity contribution < 1.29 is 176 Å². The first-order valence-corrected chi connectivity index (χ1v) is 41.9. The number of esters is 9. The van der Waals surface area contributed by atoms with Crippen LogP contribution in [0, 0.1) is 0 Å². The minimum atomic E-state index is -1.62. The molecule has 0 radical (unpaired) electrons. The fourth-order valence-corrected chi connectivity index (χ4v) is 14.5. The van der Waals surface area contributed by atoms with Crippen LogP contribution >= 0.6 is 8.53 Å². The molecule has 3 aliphatic rings. The number of nitrogens with zero attached hydrogens (tertiary/aromatic N) is 2. The number of carbonyl (C=O) groups excluding carboxylic acids is 17. The van der Waals surface area contributed by atoms with Crippen molar-refractivity contribution >= 4 is 110 Å². The van der Waals surface area contributed by atoms with Gasteiger partial charge in [0.05, 0.1) is 66.1 Å². The van der Waals surface area contributed by atoms with E-state index in [1.807, 2.05) is 34.6 Å². The van der Waals surface area contributed by atoms with Crippen LogP contribution in [-0.2, 0) is 166 Å². The Hall–Kier alpha value is -10.0. The van der Waals surface area contributed by atoms with Crippen molar-refractivity contribution in [2.75, 3.05) is 119 Å². The predicted molar refractivity (Wildman–Crippen MR) is 431 cm³/mol. The van der Waals surface area contributed by atoms with E-state index in [2.05, 4.69) is 41.9 Å². The fourth-order valence-electron chi connectivity index (χ4n) is 12.8. The quantitative estimate of drug-likeness (QED) is 0.0177. The van der Waals surface area contributed by atoms with E-state index in [0.29, 0.717) is 18.8 Å². The second kappa shape index (κ2) is 56.9. The summed E-state index contributed by atoms with van der Waals surface area (Å²) in [5.74, 6) is -12.8. The molecule has 3 fully saturated rings. The Morgan fingerprint density at radius 2 is 0.746 bits per heavy atom. The maximum Gasteiger partial charge on any atom is 0.321 e. The molecule has 710 valence electrons. The maximum atomic E-state index is 14.6. The summed E-state index contributed by atoms with van der Waals surface area (Å²) in [7, 11) is -1.62. The molecule has 8 amide bonds. The van der Waals surface area contributed by atoms with E-state index in [9.17, 15) is 81.5 Å². The van der Waals surface area contributed by atoms with Crippen LogP contribution in [0.4, 0.5) is 0 Å². The smallest absolute Gasteiger partial charge is 0.321 e. The lowest BCUT2D eigenvalue weighted by molar-refractivity contribution is -0.279. The van der Waals surface area contributed by atoms with Crippen LogP contribution in [0.3, 0.4) is 0 Å². The zero-order valence-electron chi connectivity index (χ0n) is 74.0. The van der Waals surface area contributed by atoms with Gasteiger partial charge in [-0.1, -0.05) is 6.92 Å². The van der Waals surface area contributed by atoms with Gasteiger partial charge >= 0.3 is 62.2 Å². The van der Waals surface area contributed by atoms with Gasteiger partial charge in [-0.25, -0.2) is 4.67 Å². The second-order valence-electron chi connectivity index (χ2n) is 29.2. The number of ether oxygens (including phenoxy) is 18. The topological polar surface area (TPSA) is 565 Å². The lowest BCUT2D eigenvalue weighted by Crippen LogP contribution is -2.66. The van der Waals surface area contributed by atoms with Gasteiger partial charge in [0.1, 0.15) is 81.1 Å². The molecule has 3 heterocycles. The first kappa shape index (κ1) is 108. The molecule has 0 saturated carbocycles. The Balaban J connectivity index is 1.59. The number of nitrogens with one attached hydrogen (secondary N) is 7. The van der Waals surface area contributed by atoms with E-state index in [1.165, 1.54) is 12.1 Å². The maximum absolute atomic E-state index is 14.6. The molecule has 0 aliphatic carbocycles. The minimum Gasteiger partial charge on any atom is -0.463 e. The SMILES string of the molecule is CCCOP(Oc1ccc(C(=O)NC(CCC(=O)N(CC(=O)NCCOCCOC2OC(COC(C)=O)C(OC(C)=O)C(OC(C)=O)C2NC(C)=O)CC(=O)NCCOCCOC2OC(COC(C)=O)C(OC(C)=O)C(OC(C)=O)C2NC(C)=O)C(=O)NCCOCCOC2OC(COC(C)=O)C(OC(C)=O)C(OC(C)=O)C2NC(C)=O)cc1)N(C(C)C)C(C)C. The van der Waals surface area contributed by atoms with E-state index in [0.717, 1.165) is 88.0 Å². The van der Waals surface area contributed by atoms with Crippen molar-refractivity contribution in [2.24, 2.45) is 0 Å². The normalized spacial score (nSPS) is 22.5. The summed E-state index contributed by atoms with van der Waals surface area (Å²) >= 11 is 0. The molecule has 47 heteroatoms. The Labute approximate surface area is 730 Å². The third-order valence-corrected chi connectivity index (χ3v) is 19.7. The van der Waals surface area contributed by atoms with E-state index < -0.39 is 253 Å². The Bertz CT molecular complexity index is 3620. The third-order valence-electron chi connectivity index (χ3n) is 17.7. The Morgan fingerprint density at radius 3 is 1.06 bits per heavy atom. The van der Waals surface area contributed by atoms with Crippen LogP contribution in [0.15, 0.2) is 24.3 Å². The van der Waals surface area contributed by atoms with Gasteiger partial charge in [-0.15, -0.1) is 0 Å². The third kappa shape index (κ3) is 40.3. The molecule has 1 aromatic rings. The van der Waals surface area contributed by atoms with E-state index in [4.69, 9.17) is 94.3 Å². The van der Waals surface area contributed by atoms with Crippen LogP contribution in [0.1, 0.15) is 147 Å². The largest absolute Gasteiger partial charge is 0.463 e. The molecule has 17 atom stereocenters. The number of hydrogen-bond donors (Lipinski definition) is 7. The Morgan fingerprint density at radius 1 is 0.413 bits per heavy atom. The molecule has 46 nitrogen and oxygen atoms in total. The lowest BCUT2D eigenvalue weighted by Gasteiger charge is -2.44. The van der Waals surface area contributed by atoms with Crippen LogP contribution in [-0.4, -0.2) is 339 Å². The van der Waals surface area contributed by atoms with Gasteiger partial charge in [0.2, 0.25) is 41.4 Å². The number of hydrogen-bond acceptors (Lipinski definition) is 38. The molecule has 17 unspecified atom stereocenters. The zero-order valence-corrected chi connectivity index (χ0v) is 74.9. The number of benzene rings is 1. The highest BCUT2D eigenvalue weighted by atomic mass is 31.2. The highest BCUT2D eigenvalue weighted by molar-refractivity contribution is 7.45. The average Bonchev–Trinajstić information content (AvgIpc) is 0.791. The van der Waals surface area contributed by atoms with Crippen molar-refractivity contribution in [1.29, 1.82) is 0 Å². The van der Waals surface area contributed by atoms with Crippen molar-refractivity contribution in [1.82, 2.24) is 46.8 Å². The molecule has 0 spiro atoms. The van der Waals surface area contributed by atoms with Crippen molar-refractivity contribution in [3.05, 3.63) is 29.8 Å². The molecular weight excluding hydrogens is 1700 g/mol. The summed E-state index contributed by atoms with van der Waals surface area (Å²) in [5.41, 5.74) is 0.0535. The number of amides is 8.